The lowest BCUT2D eigenvalue weighted by atomic mass is 10.5. The molecular formula is C8H13N5O2. The number of hydrogen-bond donors (Lipinski definition) is 3. The molecule has 0 spiro atoms. The van der Waals surface area contributed by atoms with Gasteiger partial charge in [0, 0.05) is 0 Å². The molecule has 0 saturated heterocycles. The average Bonchev–Trinajstić information content (AvgIpc) is 2.27. The van der Waals surface area contributed by atoms with E-state index in [1.54, 1.807) is 6.92 Å². The molecule has 1 heterocycles. The lowest BCUT2D eigenvalue weighted by molar-refractivity contribution is -0.140. The molecule has 0 aromatic carbocycles. The number of nitrogen functional groups attached to an aromatic ring is 1. The van der Waals surface area contributed by atoms with Gasteiger partial charge in [-0.2, -0.15) is 0 Å². The lowest BCUT2D eigenvalue weighted by Gasteiger charge is -2.05. The zero-order valence-electron chi connectivity index (χ0n) is 8.36. The summed E-state index contributed by atoms with van der Waals surface area (Å²) in [5.74, 6) is 5.69. The Labute approximate surface area is 87.0 Å². The summed E-state index contributed by atoms with van der Waals surface area (Å²) in [6.07, 6.45) is 2.95. The zero-order valence-corrected chi connectivity index (χ0v) is 8.36. The molecule has 7 nitrogen and oxygen atoms in total. The standard InChI is InChI=1S/C8H13N5O2/c1-2-15-8(14)5-11-6-3-10-4-7(12-6)13-9/h3-4H,2,5,9H2,1H3,(H2,11,12,13). The second-order valence-electron chi connectivity index (χ2n) is 2.59. The number of anilines is 2. The number of aromatic nitrogens is 2. The Hall–Kier alpha value is -1.89. The van der Waals surface area contributed by atoms with E-state index in [4.69, 9.17) is 10.6 Å². The van der Waals surface area contributed by atoms with E-state index in [-0.39, 0.29) is 12.5 Å². The molecule has 15 heavy (non-hydrogen) atoms. The zero-order chi connectivity index (χ0) is 11.1. The van der Waals surface area contributed by atoms with Crippen LogP contribution in [0.1, 0.15) is 6.92 Å². The molecule has 0 aliphatic carbocycles. The molecule has 1 aromatic heterocycles. The van der Waals surface area contributed by atoms with Gasteiger partial charge in [0.2, 0.25) is 0 Å². The van der Waals surface area contributed by atoms with E-state index in [1.807, 2.05) is 0 Å². The summed E-state index contributed by atoms with van der Waals surface area (Å²) in [6.45, 7) is 2.16. The number of rotatable bonds is 5. The van der Waals surface area contributed by atoms with Crippen molar-refractivity contribution in [2.75, 3.05) is 23.9 Å². The third kappa shape index (κ3) is 3.77. The number of esters is 1. The number of nitrogens with one attached hydrogen (secondary N) is 2. The molecule has 0 bridgehead atoms. The fourth-order valence-corrected chi connectivity index (χ4v) is 0.895. The molecule has 0 unspecified atom stereocenters. The summed E-state index contributed by atoms with van der Waals surface area (Å²) >= 11 is 0. The average molecular weight is 211 g/mol. The van der Waals surface area contributed by atoms with Gasteiger partial charge in [-0.1, -0.05) is 0 Å². The molecule has 0 fully saturated rings. The fraction of sp³-hybridized carbons (Fsp3) is 0.375. The van der Waals surface area contributed by atoms with Crippen molar-refractivity contribution in [3.63, 3.8) is 0 Å². The third-order valence-corrected chi connectivity index (χ3v) is 1.50. The third-order valence-electron chi connectivity index (χ3n) is 1.50. The van der Waals surface area contributed by atoms with Gasteiger partial charge in [-0.3, -0.25) is 9.78 Å². The molecule has 1 rings (SSSR count). The first-order chi connectivity index (χ1) is 7.26. The van der Waals surface area contributed by atoms with Gasteiger partial charge in [0.05, 0.1) is 19.0 Å². The summed E-state index contributed by atoms with van der Waals surface area (Å²) in [5.41, 5.74) is 2.35. The highest BCUT2D eigenvalue weighted by atomic mass is 16.5. The molecule has 0 radical (unpaired) electrons. The SMILES string of the molecule is CCOC(=O)CNc1cncc(NN)n1. The molecule has 4 N–H and O–H groups in total. The van der Waals surface area contributed by atoms with Crippen LogP contribution in [0.4, 0.5) is 11.6 Å². The van der Waals surface area contributed by atoms with Crippen molar-refractivity contribution < 1.29 is 9.53 Å². The number of hydrazine groups is 1. The van der Waals surface area contributed by atoms with Crippen LogP contribution >= 0.6 is 0 Å². The van der Waals surface area contributed by atoms with E-state index < -0.39 is 0 Å². The van der Waals surface area contributed by atoms with Crippen LogP contribution in [-0.2, 0) is 9.53 Å². The van der Waals surface area contributed by atoms with E-state index >= 15 is 0 Å². The van der Waals surface area contributed by atoms with Crippen molar-refractivity contribution in [2.45, 2.75) is 6.92 Å². The maximum atomic E-state index is 11.0. The first-order valence-electron chi connectivity index (χ1n) is 4.44. The highest BCUT2D eigenvalue weighted by Gasteiger charge is 2.02. The minimum absolute atomic E-state index is 0.0521. The van der Waals surface area contributed by atoms with Gasteiger partial charge < -0.3 is 15.5 Å². The number of nitrogens with zero attached hydrogens (tertiary/aromatic N) is 2. The summed E-state index contributed by atoms with van der Waals surface area (Å²) in [5, 5.41) is 2.76. The smallest absolute Gasteiger partial charge is 0.325 e. The summed E-state index contributed by atoms with van der Waals surface area (Å²) < 4.78 is 4.73. The van der Waals surface area contributed by atoms with Crippen LogP contribution in [0.5, 0.6) is 0 Å². The van der Waals surface area contributed by atoms with E-state index in [0.717, 1.165) is 0 Å². The topological polar surface area (TPSA) is 102 Å². The van der Waals surface area contributed by atoms with Gasteiger partial charge in [-0.25, -0.2) is 10.8 Å². The number of hydrogen-bond acceptors (Lipinski definition) is 7. The Morgan fingerprint density at radius 2 is 2.27 bits per heavy atom. The first kappa shape index (κ1) is 11.2. The molecular weight excluding hydrogens is 198 g/mol. The highest BCUT2D eigenvalue weighted by molar-refractivity contribution is 5.74. The van der Waals surface area contributed by atoms with Crippen LogP contribution in [0.2, 0.25) is 0 Å². The van der Waals surface area contributed by atoms with Crippen LogP contribution < -0.4 is 16.6 Å². The van der Waals surface area contributed by atoms with Crippen molar-refractivity contribution >= 4 is 17.6 Å². The van der Waals surface area contributed by atoms with E-state index in [9.17, 15) is 4.79 Å². The van der Waals surface area contributed by atoms with E-state index in [1.165, 1.54) is 12.4 Å². The van der Waals surface area contributed by atoms with Crippen molar-refractivity contribution in [3.05, 3.63) is 12.4 Å². The summed E-state index contributed by atoms with van der Waals surface area (Å²) in [7, 11) is 0. The van der Waals surface area contributed by atoms with Gasteiger partial charge in [-0.15, -0.1) is 0 Å². The number of ether oxygens (including phenoxy) is 1. The Kier molecular flexibility index (Phi) is 4.30. The maximum absolute atomic E-state index is 11.0. The minimum atomic E-state index is -0.342. The van der Waals surface area contributed by atoms with Crippen LogP contribution in [0, 0.1) is 0 Å². The van der Waals surface area contributed by atoms with Crippen LogP contribution in [0.3, 0.4) is 0 Å². The quantitative estimate of drug-likeness (QED) is 0.350. The van der Waals surface area contributed by atoms with Crippen LogP contribution in [0.15, 0.2) is 12.4 Å². The largest absolute Gasteiger partial charge is 0.465 e. The van der Waals surface area contributed by atoms with Gasteiger partial charge in [0.25, 0.3) is 0 Å². The van der Waals surface area contributed by atoms with Gasteiger partial charge >= 0.3 is 5.97 Å². The van der Waals surface area contributed by atoms with E-state index in [2.05, 4.69) is 20.7 Å². The summed E-state index contributed by atoms with van der Waals surface area (Å²) in [6, 6.07) is 0. The van der Waals surface area contributed by atoms with Gasteiger partial charge in [0.15, 0.2) is 5.82 Å². The number of carbonyl (C=O) groups is 1. The maximum Gasteiger partial charge on any atom is 0.325 e. The monoisotopic (exact) mass is 211 g/mol. The highest BCUT2D eigenvalue weighted by Crippen LogP contribution is 2.04. The molecule has 82 valence electrons. The minimum Gasteiger partial charge on any atom is -0.465 e. The Bertz CT molecular complexity index is 331. The predicted molar refractivity (Wildman–Crippen MR) is 55.0 cm³/mol. The molecule has 0 saturated carbocycles. The van der Waals surface area contributed by atoms with Crippen LogP contribution in [-0.4, -0.2) is 29.1 Å². The predicted octanol–water partition coefficient (Wildman–Crippen LogP) is -0.263. The number of nitrogens with two attached hydrogens (primary N) is 1. The Balaban J connectivity index is 2.46. The normalized spacial score (nSPS) is 9.47. The van der Waals surface area contributed by atoms with Crippen molar-refractivity contribution in [3.8, 4) is 0 Å². The fourth-order valence-electron chi connectivity index (χ4n) is 0.895. The number of carbonyl (C=O) groups excluding carboxylic acids is 1. The summed E-state index contributed by atoms with van der Waals surface area (Å²) in [4.78, 5) is 18.9. The van der Waals surface area contributed by atoms with E-state index in [0.29, 0.717) is 18.2 Å². The molecule has 0 amide bonds. The lowest BCUT2D eigenvalue weighted by Crippen LogP contribution is -2.18. The van der Waals surface area contributed by atoms with Crippen molar-refractivity contribution in [1.82, 2.24) is 9.97 Å². The van der Waals surface area contributed by atoms with Gasteiger partial charge in [0.1, 0.15) is 12.4 Å². The molecule has 0 aliphatic heterocycles. The second-order valence-corrected chi connectivity index (χ2v) is 2.59. The second kappa shape index (κ2) is 5.76. The molecule has 1 aromatic rings. The molecule has 0 aliphatic rings. The van der Waals surface area contributed by atoms with Crippen molar-refractivity contribution in [1.29, 1.82) is 0 Å². The molecule has 0 atom stereocenters. The molecule has 7 heteroatoms. The van der Waals surface area contributed by atoms with Crippen molar-refractivity contribution in [2.24, 2.45) is 5.84 Å². The Morgan fingerprint density at radius 3 is 2.93 bits per heavy atom. The Morgan fingerprint density at radius 1 is 1.53 bits per heavy atom. The van der Waals surface area contributed by atoms with Crippen LogP contribution in [0.25, 0.3) is 0 Å². The first-order valence-corrected chi connectivity index (χ1v) is 4.44. The van der Waals surface area contributed by atoms with Gasteiger partial charge in [-0.05, 0) is 6.92 Å².